The Labute approximate surface area is 269 Å². The third kappa shape index (κ3) is 12.5. The zero-order chi connectivity index (χ0) is 35.1. The number of carbonyl (C=O) groups is 10. The van der Waals surface area contributed by atoms with Gasteiger partial charge in [-0.3, -0.25) is 57.7 Å². The third-order valence-corrected chi connectivity index (χ3v) is 6.87. The summed E-state index contributed by atoms with van der Waals surface area (Å²) in [5.41, 5.74) is 11.0. The van der Waals surface area contributed by atoms with Gasteiger partial charge in [-0.1, -0.05) is 0 Å². The van der Waals surface area contributed by atoms with Gasteiger partial charge in [0.25, 0.3) is 23.6 Å². The van der Waals surface area contributed by atoms with Crippen molar-refractivity contribution in [2.45, 2.75) is 57.2 Å². The van der Waals surface area contributed by atoms with Crippen LogP contribution in [0.1, 0.15) is 39.0 Å². The lowest BCUT2D eigenvalue weighted by molar-refractivity contribution is -0.139. The van der Waals surface area contributed by atoms with E-state index in [1.54, 1.807) is 0 Å². The Morgan fingerprint density at radius 2 is 1.09 bits per heavy atom. The maximum atomic E-state index is 13.2. The second kappa shape index (κ2) is 18.5. The molecule has 0 saturated carbocycles. The summed E-state index contributed by atoms with van der Waals surface area (Å²) in [6.07, 6.45) is 4.65. The summed E-state index contributed by atoms with van der Waals surface area (Å²) in [4.78, 5) is 123. The van der Waals surface area contributed by atoms with Crippen molar-refractivity contribution in [2.75, 3.05) is 32.7 Å². The van der Waals surface area contributed by atoms with E-state index in [0.717, 1.165) is 41.0 Å². The van der Waals surface area contributed by atoms with Gasteiger partial charge in [0.15, 0.2) is 0 Å². The molecule has 9 N–H and O–H groups in total. The van der Waals surface area contributed by atoms with Crippen LogP contribution in [0.25, 0.3) is 0 Å². The molecule has 3 atom stereocenters. The van der Waals surface area contributed by atoms with E-state index in [1.165, 1.54) is 0 Å². The average Bonchev–Trinajstić information content (AvgIpc) is 3.51. The van der Waals surface area contributed by atoms with Gasteiger partial charge in [-0.2, -0.15) is 0 Å². The van der Waals surface area contributed by atoms with Crippen molar-refractivity contribution >= 4 is 59.1 Å². The standard InChI is InChI=1S/C28H39N9O10/c1-16(38)33-19(15-32-21(40)10-13-37-24(43)7-8-25(37)44)28(47)34-17(4-2-3-11-29)27(46)35-18(26(30)45)14-31-20(39)9-12-36-22(41)5-6-23(36)42/h5-8,17-19H,2-4,9-15,29H2,1H3,(H2,30,45)(H,31,39)(H,32,40)(H,33,38)(H,34,47)(H,35,46). The minimum Gasteiger partial charge on any atom is -0.368 e. The van der Waals surface area contributed by atoms with Crippen molar-refractivity contribution in [1.82, 2.24) is 36.4 Å². The van der Waals surface area contributed by atoms with E-state index in [0.29, 0.717) is 12.8 Å². The van der Waals surface area contributed by atoms with Gasteiger partial charge in [0.2, 0.25) is 35.4 Å². The van der Waals surface area contributed by atoms with Gasteiger partial charge in [0, 0.05) is 70.2 Å². The minimum absolute atomic E-state index is 0.0591. The fraction of sp³-hybridized carbons (Fsp3) is 0.500. The predicted molar refractivity (Wildman–Crippen MR) is 161 cm³/mol. The maximum absolute atomic E-state index is 13.2. The highest BCUT2D eigenvalue weighted by Crippen LogP contribution is 2.06. The zero-order valence-corrected chi connectivity index (χ0v) is 25.7. The molecule has 0 saturated heterocycles. The van der Waals surface area contributed by atoms with E-state index < -0.39 is 90.3 Å². The predicted octanol–water partition coefficient (Wildman–Crippen LogP) is -5.06. The van der Waals surface area contributed by atoms with Crippen molar-refractivity contribution in [1.29, 1.82) is 0 Å². The van der Waals surface area contributed by atoms with Gasteiger partial charge in [-0.05, 0) is 25.8 Å². The number of unbranched alkanes of at least 4 members (excludes halogenated alkanes) is 1. The molecule has 0 fully saturated rings. The summed E-state index contributed by atoms with van der Waals surface area (Å²) < 4.78 is 0. The molecule has 10 amide bonds. The molecule has 2 aliphatic rings. The molecule has 0 radical (unpaired) electrons. The molecule has 0 aliphatic carbocycles. The van der Waals surface area contributed by atoms with Crippen molar-refractivity contribution in [3.05, 3.63) is 24.3 Å². The molecule has 0 aromatic rings. The van der Waals surface area contributed by atoms with E-state index in [1.807, 2.05) is 0 Å². The molecule has 0 aromatic carbocycles. The smallest absolute Gasteiger partial charge is 0.253 e. The topological polar surface area (TPSA) is 289 Å². The quantitative estimate of drug-likeness (QED) is 0.0478. The summed E-state index contributed by atoms with van der Waals surface area (Å²) >= 11 is 0. The average molecular weight is 662 g/mol. The van der Waals surface area contributed by atoms with E-state index in [4.69, 9.17) is 11.5 Å². The Balaban J connectivity index is 1.98. The number of hydrogen-bond acceptors (Lipinski definition) is 11. The zero-order valence-electron chi connectivity index (χ0n) is 25.7. The molecule has 3 unspecified atom stereocenters. The second-order valence-electron chi connectivity index (χ2n) is 10.5. The number of nitrogens with one attached hydrogen (secondary N) is 5. The summed E-state index contributed by atoms with van der Waals surface area (Å²) in [5.74, 6) is -6.86. The molecule has 0 aromatic heterocycles. The molecular weight excluding hydrogens is 622 g/mol. The molecule has 2 aliphatic heterocycles. The lowest BCUT2D eigenvalue weighted by Gasteiger charge is -2.25. The highest BCUT2D eigenvalue weighted by molar-refractivity contribution is 6.13. The van der Waals surface area contributed by atoms with E-state index in [2.05, 4.69) is 26.6 Å². The van der Waals surface area contributed by atoms with E-state index >= 15 is 0 Å². The minimum atomic E-state index is -1.41. The number of primary amides is 1. The third-order valence-electron chi connectivity index (χ3n) is 6.87. The summed E-state index contributed by atoms with van der Waals surface area (Å²) in [5, 5.41) is 12.1. The van der Waals surface area contributed by atoms with Crippen molar-refractivity contribution in [2.24, 2.45) is 11.5 Å². The van der Waals surface area contributed by atoms with Crippen LogP contribution < -0.4 is 38.1 Å². The van der Waals surface area contributed by atoms with Crippen LogP contribution in [0.5, 0.6) is 0 Å². The van der Waals surface area contributed by atoms with Gasteiger partial charge in [-0.25, -0.2) is 0 Å². The highest BCUT2D eigenvalue weighted by Gasteiger charge is 2.30. The normalized spacial score (nSPS) is 15.7. The first-order valence-corrected chi connectivity index (χ1v) is 14.7. The maximum Gasteiger partial charge on any atom is 0.253 e. The Morgan fingerprint density at radius 1 is 0.660 bits per heavy atom. The van der Waals surface area contributed by atoms with Crippen LogP contribution in [0.15, 0.2) is 24.3 Å². The SMILES string of the molecule is CC(=O)NC(CNC(=O)CCN1C(=O)C=CC1=O)C(=O)NC(CCCCN)C(=O)NC(CNC(=O)CCN1C(=O)C=CC1=O)C(N)=O. The summed E-state index contributed by atoms with van der Waals surface area (Å²) in [7, 11) is 0. The molecule has 2 rings (SSSR count). The molecule has 19 heteroatoms. The van der Waals surface area contributed by atoms with Gasteiger partial charge < -0.3 is 38.1 Å². The van der Waals surface area contributed by atoms with Gasteiger partial charge in [0.05, 0.1) is 0 Å². The van der Waals surface area contributed by atoms with Crippen molar-refractivity contribution < 1.29 is 47.9 Å². The van der Waals surface area contributed by atoms with Crippen LogP contribution in [0.4, 0.5) is 0 Å². The summed E-state index contributed by atoms with van der Waals surface area (Å²) in [6.45, 7) is 0.178. The number of carbonyl (C=O) groups excluding carboxylic acids is 10. The lowest BCUT2D eigenvalue weighted by Crippen LogP contribution is -2.59. The number of nitrogens with two attached hydrogens (primary N) is 2. The first-order valence-electron chi connectivity index (χ1n) is 14.7. The van der Waals surface area contributed by atoms with Crippen LogP contribution in [-0.4, -0.2) is 120 Å². The van der Waals surface area contributed by atoms with Crippen molar-refractivity contribution in [3.63, 3.8) is 0 Å². The molecule has 0 bridgehead atoms. The van der Waals surface area contributed by atoms with Gasteiger partial charge in [0.1, 0.15) is 18.1 Å². The monoisotopic (exact) mass is 661 g/mol. The Morgan fingerprint density at radius 3 is 1.51 bits per heavy atom. The first-order chi connectivity index (χ1) is 22.2. The van der Waals surface area contributed by atoms with E-state index in [9.17, 15) is 47.9 Å². The fourth-order valence-electron chi connectivity index (χ4n) is 4.32. The lowest BCUT2D eigenvalue weighted by atomic mass is 10.1. The van der Waals surface area contributed by atoms with Crippen LogP contribution in [0.3, 0.4) is 0 Å². The van der Waals surface area contributed by atoms with Crippen LogP contribution in [0, 0.1) is 0 Å². The van der Waals surface area contributed by atoms with E-state index in [-0.39, 0.29) is 38.9 Å². The van der Waals surface area contributed by atoms with Gasteiger partial charge >= 0.3 is 0 Å². The first kappa shape index (κ1) is 37.7. The Bertz CT molecular complexity index is 1310. The molecule has 2 heterocycles. The van der Waals surface area contributed by atoms with Crippen LogP contribution in [-0.2, 0) is 47.9 Å². The molecule has 19 nitrogen and oxygen atoms in total. The number of hydrogen-bond donors (Lipinski definition) is 7. The Kier molecular flexibility index (Phi) is 14.8. The molecule has 0 spiro atoms. The highest BCUT2D eigenvalue weighted by atomic mass is 16.2. The largest absolute Gasteiger partial charge is 0.368 e. The number of amides is 10. The second-order valence-corrected chi connectivity index (χ2v) is 10.5. The Hall–Kier alpha value is -5.46. The summed E-state index contributed by atoms with van der Waals surface area (Å²) in [6, 6.07) is -4.00. The molecule has 47 heavy (non-hydrogen) atoms. The van der Waals surface area contributed by atoms with Gasteiger partial charge in [-0.15, -0.1) is 0 Å². The van der Waals surface area contributed by atoms with Crippen LogP contribution in [0.2, 0.25) is 0 Å². The number of nitrogens with zero attached hydrogens (tertiary/aromatic N) is 2. The number of rotatable bonds is 20. The number of imide groups is 2. The molecule has 256 valence electrons. The fourth-order valence-corrected chi connectivity index (χ4v) is 4.32. The van der Waals surface area contributed by atoms with Crippen LogP contribution >= 0.6 is 0 Å². The molecular formula is C28H39N9O10. The van der Waals surface area contributed by atoms with Crippen molar-refractivity contribution in [3.8, 4) is 0 Å².